The number of benzene rings is 2. The Morgan fingerprint density at radius 2 is 1.75 bits per heavy atom. The summed E-state index contributed by atoms with van der Waals surface area (Å²) < 4.78 is 19.1. The van der Waals surface area contributed by atoms with Gasteiger partial charge in [0.15, 0.2) is 22.6 Å². The lowest BCUT2D eigenvalue weighted by atomic mass is 10.1. The van der Waals surface area contributed by atoms with Gasteiger partial charge < -0.3 is 29.1 Å². The van der Waals surface area contributed by atoms with Crippen molar-refractivity contribution in [1.82, 2.24) is 29.5 Å². The number of rotatable bonds is 10. The van der Waals surface area contributed by atoms with E-state index in [2.05, 4.69) is 60.8 Å². The lowest BCUT2D eigenvalue weighted by Gasteiger charge is -2.17. The van der Waals surface area contributed by atoms with Gasteiger partial charge in [-0.3, -0.25) is 19.8 Å². The van der Waals surface area contributed by atoms with Crippen LogP contribution in [0.5, 0.6) is 17.2 Å². The Morgan fingerprint density at radius 3 is 2.45 bits per heavy atom. The smallest absolute Gasteiger partial charge is 0.256 e. The molecule has 1 saturated carbocycles. The Labute approximate surface area is 317 Å². The number of hydrogen-bond donors (Lipinski definition) is 2. The molecule has 7 rings (SSSR count). The lowest BCUT2D eigenvalue weighted by molar-refractivity contribution is 0.102. The van der Waals surface area contributed by atoms with Crippen molar-refractivity contribution in [3.05, 3.63) is 99.9 Å². The first-order chi connectivity index (χ1) is 25.7. The maximum Gasteiger partial charge on any atom is 0.256 e. The molecule has 1 fully saturated rings. The summed E-state index contributed by atoms with van der Waals surface area (Å²) in [4.78, 5) is 38.1. The number of methoxy groups -OCH3 is 2. The predicted octanol–water partition coefficient (Wildman–Crippen LogP) is 8.38. The van der Waals surface area contributed by atoms with E-state index < -0.39 is 0 Å². The van der Waals surface area contributed by atoms with Gasteiger partial charge in [0.1, 0.15) is 22.6 Å². The van der Waals surface area contributed by atoms with E-state index in [0.717, 1.165) is 46.9 Å². The van der Waals surface area contributed by atoms with Crippen LogP contribution in [0.25, 0.3) is 22.1 Å². The zero-order chi connectivity index (χ0) is 37.5. The van der Waals surface area contributed by atoms with Crippen molar-refractivity contribution in [1.29, 1.82) is 0 Å². The van der Waals surface area contributed by atoms with Crippen molar-refractivity contribution in [2.75, 3.05) is 26.1 Å². The topological polar surface area (TPSA) is 141 Å². The van der Waals surface area contributed by atoms with Gasteiger partial charge in [0.05, 0.1) is 48.9 Å². The number of fused-ring (bicyclic) bond motifs is 2. The van der Waals surface area contributed by atoms with E-state index in [0.29, 0.717) is 52.4 Å². The number of nitrogens with zero attached hydrogens (tertiary/aromatic N) is 6. The van der Waals surface area contributed by atoms with Crippen LogP contribution in [-0.2, 0) is 6.54 Å². The Balaban J connectivity index is 0.000000188. The van der Waals surface area contributed by atoms with Crippen LogP contribution < -0.4 is 25.0 Å². The SMILES string of the molecule is CCN=c1ncn(Cc2ccc(OC)c(OC3CCCC3)c2)c2nc(C(C)C)[nH]c12.COc1ccc(C(=O)Nc2c(Cl)cncc2Cl)c2cccnc12. The number of amides is 1. The van der Waals surface area contributed by atoms with Gasteiger partial charge in [-0.25, -0.2) is 9.97 Å². The zero-order valence-electron chi connectivity index (χ0n) is 30.3. The number of carbonyl (C=O) groups excluding carboxylic acids is 1. The van der Waals surface area contributed by atoms with Gasteiger partial charge in [0.2, 0.25) is 0 Å². The van der Waals surface area contributed by atoms with Crippen molar-refractivity contribution < 1.29 is 19.0 Å². The van der Waals surface area contributed by atoms with E-state index in [1.165, 1.54) is 25.2 Å². The van der Waals surface area contributed by atoms with Gasteiger partial charge >= 0.3 is 0 Å². The molecular weight excluding hydrogens is 715 g/mol. The fourth-order valence-corrected chi connectivity index (χ4v) is 6.62. The molecule has 1 amide bonds. The molecule has 0 bridgehead atoms. The van der Waals surface area contributed by atoms with Crippen molar-refractivity contribution in [2.45, 2.75) is 65.0 Å². The molecule has 0 radical (unpaired) electrons. The zero-order valence-corrected chi connectivity index (χ0v) is 31.8. The van der Waals surface area contributed by atoms with Gasteiger partial charge in [-0.1, -0.05) is 49.2 Å². The minimum Gasteiger partial charge on any atom is -0.494 e. The highest BCUT2D eigenvalue weighted by Crippen LogP contribution is 2.34. The third kappa shape index (κ3) is 8.55. The van der Waals surface area contributed by atoms with Crippen LogP contribution in [0.15, 0.2) is 72.4 Å². The number of ether oxygens (including phenoxy) is 3. The van der Waals surface area contributed by atoms with Gasteiger partial charge in [-0.2, -0.15) is 0 Å². The van der Waals surface area contributed by atoms with E-state index >= 15 is 0 Å². The van der Waals surface area contributed by atoms with Crippen molar-refractivity contribution in [3.63, 3.8) is 0 Å². The first-order valence-corrected chi connectivity index (χ1v) is 18.3. The molecule has 4 heterocycles. The lowest BCUT2D eigenvalue weighted by Crippen LogP contribution is -2.15. The van der Waals surface area contributed by atoms with E-state index in [4.69, 9.17) is 42.4 Å². The minimum absolute atomic E-state index is 0.266. The average molecular weight is 758 g/mol. The number of anilines is 1. The number of hydrogen-bond acceptors (Lipinski definition) is 9. The van der Waals surface area contributed by atoms with E-state index in [9.17, 15) is 4.79 Å². The Morgan fingerprint density at radius 1 is 1.02 bits per heavy atom. The second-order valence-electron chi connectivity index (χ2n) is 12.8. The molecule has 0 unspecified atom stereocenters. The van der Waals surface area contributed by atoms with Crippen molar-refractivity contribution >= 4 is 56.9 Å². The highest BCUT2D eigenvalue weighted by atomic mass is 35.5. The quantitative estimate of drug-likeness (QED) is 0.142. The van der Waals surface area contributed by atoms with Gasteiger partial charge in [0.25, 0.3) is 5.91 Å². The van der Waals surface area contributed by atoms with E-state index in [1.54, 1.807) is 44.7 Å². The van der Waals surface area contributed by atoms with Gasteiger partial charge in [0, 0.05) is 42.0 Å². The van der Waals surface area contributed by atoms with E-state index in [-0.39, 0.29) is 22.1 Å². The van der Waals surface area contributed by atoms with Gasteiger partial charge in [-0.15, -0.1) is 0 Å². The van der Waals surface area contributed by atoms with Crippen molar-refractivity contribution in [3.8, 4) is 17.2 Å². The number of aromatic nitrogens is 6. The highest BCUT2D eigenvalue weighted by Gasteiger charge is 2.20. The number of H-pyrrole nitrogens is 1. The fraction of sp³-hybridized carbons (Fsp3) is 0.333. The van der Waals surface area contributed by atoms with Crippen LogP contribution in [0.4, 0.5) is 5.69 Å². The Hall–Kier alpha value is -5.20. The summed E-state index contributed by atoms with van der Waals surface area (Å²) in [6, 6.07) is 13.0. The maximum atomic E-state index is 12.6. The Bertz CT molecular complexity index is 2280. The monoisotopic (exact) mass is 756 g/mol. The average Bonchev–Trinajstić information content (AvgIpc) is 3.86. The molecular formula is C39H42Cl2N8O4. The molecule has 1 aliphatic carbocycles. The Kier molecular flexibility index (Phi) is 12.1. The first kappa shape index (κ1) is 37.6. The standard InChI is InChI=1S/C23H31N5O2.C16H11Cl2N3O2/c1-5-24-22-20-23(27-21(26-20)15(2)3)28(14-25-22)13-16-10-11-18(29-4)19(12-16)30-17-8-6-7-9-17;1-23-13-5-4-10(9-3-2-6-20-14(9)13)16(22)21-15-11(17)7-19-8-12(15)18/h10-12,14-15,17H,5-9,13H2,1-4H3,(H,26,27);2-8H,1H3,(H,19,21,22). The van der Waals surface area contributed by atoms with Gasteiger partial charge in [-0.05, 0) is 68.5 Å². The molecule has 1 aliphatic rings. The highest BCUT2D eigenvalue weighted by molar-refractivity contribution is 6.39. The molecule has 2 N–H and O–H groups in total. The third-order valence-electron chi connectivity index (χ3n) is 8.84. The summed E-state index contributed by atoms with van der Waals surface area (Å²) in [5.74, 6) is 3.08. The third-order valence-corrected chi connectivity index (χ3v) is 9.41. The predicted molar refractivity (Wildman–Crippen MR) is 208 cm³/mol. The molecule has 0 atom stereocenters. The molecule has 2 aromatic carbocycles. The van der Waals surface area contributed by atoms with Crippen LogP contribution in [-0.4, -0.2) is 62.3 Å². The molecule has 276 valence electrons. The molecule has 6 aromatic rings. The number of nitrogens with one attached hydrogen (secondary N) is 2. The molecule has 0 spiro atoms. The van der Waals surface area contributed by atoms with Crippen LogP contribution in [0.2, 0.25) is 10.0 Å². The fourth-order valence-electron chi connectivity index (χ4n) is 6.16. The number of carbonyl (C=O) groups is 1. The molecule has 53 heavy (non-hydrogen) atoms. The number of imidazole rings is 1. The second-order valence-corrected chi connectivity index (χ2v) is 13.6. The summed E-state index contributed by atoms with van der Waals surface area (Å²) in [6.07, 6.45) is 11.3. The van der Waals surface area contributed by atoms with Crippen LogP contribution in [0.1, 0.15) is 74.1 Å². The van der Waals surface area contributed by atoms with Crippen molar-refractivity contribution in [2.24, 2.45) is 4.99 Å². The molecule has 0 aliphatic heterocycles. The summed E-state index contributed by atoms with van der Waals surface area (Å²) >= 11 is 12.1. The summed E-state index contributed by atoms with van der Waals surface area (Å²) in [5, 5.41) is 3.92. The summed E-state index contributed by atoms with van der Waals surface area (Å²) in [6.45, 7) is 7.59. The summed E-state index contributed by atoms with van der Waals surface area (Å²) in [5.41, 5.74) is 4.96. The number of halogens is 2. The van der Waals surface area contributed by atoms with Crippen LogP contribution in [0, 0.1) is 0 Å². The molecule has 0 saturated heterocycles. The number of pyridine rings is 2. The van der Waals surface area contributed by atoms with Crippen LogP contribution in [0.3, 0.4) is 0 Å². The largest absolute Gasteiger partial charge is 0.494 e. The molecule has 4 aromatic heterocycles. The normalized spacial score (nSPS) is 13.3. The molecule has 12 nitrogen and oxygen atoms in total. The second kappa shape index (κ2) is 17.1. The number of aromatic amines is 1. The van der Waals surface area contributed by atoms with E-state index in [1.807, 2.05) is 19.3 Å². The molecule has 14 heteroatoms. The minimum atomic E-state index is -0.347. The summed E-state index contributed by atoms with van der Waals surface area (Å²) in [7, 11) is 3.24. The maximum absolute atomic E-state index is 12.6. The first-order valence-electron chi connectivity index (χ1n) is 17.5. The van der Waals surface area contributed by atoms with Crippen LogP contribution >= 0.6 is 23.2 Å².